The predicted molar refractivity (Wildman–Crippen MR) is 150 cm³/mol. The molecular weight excluding hydrogens is 573 g/mol. The zero-order chi connectivity index (χ0) is 31.3. The van der Waals surface area contributed by atoms with Crippen LogP contribution in [0.1, 0.15) is 32.3 Å². The molecule has 3 N–H and O–H groups in total. The van der Waals surface area contributed by atoms with Crippen LogP contribution in [0.5, 0.6) is 17.2 Å². The fourth-order valence-electron chi connectivity index (χ4n) is 4.75. The summed E-state index contributed by atoms with van der Waals surface area (Å²) in [5.41, 5.74) is 1.13. The molecule has 0 fully saturated rings. The number of alkyl halides is 3. The number of rotatable bonds is 8. The number of amides is 4. The molecule has 14 heteroatoms. The molecular formula is C29H35F3N4O7. The Morgan fingerprint density at radius 2 is 1.77 bits per heavy atom. The fourth-order valence-corrected chi connectivity index (χ4v) is 4.75. The summed E-state index contributed by atoms with van der Waals surface area (Å²) in [6.45, 7) is 3.77. The number of anilines is 2. The zero-order valence-electron chi connectivity index (χ0n) is 24.1. The molecule has 4 rings (SSSR count). The summed E-state index contributed by atoms with van der Waals surface area (Å²) in [6, 6.07) is 8.63. The van der Waals surface area contributed by atoms with E-state index >= 15 is 0 Å². The van der Waals surface area contributed by atoms with E-state index in [4.69, 9.17) is 14.2 Å². The highest BCUT2D eigenvalue weighted by atomic mass is 19.4. The predicted octanol–water partition coefficient (Wildman–Crippen LogP) is 4.01. The first kappa shape index (κ1) is 31.7. The van der Waals surface area contributed by atoms with Gasteiger partial charge in [-0.1, -0.05) is 6.92 Å². The molecule has 43 heavy (non-hydrogen) atoms. The van der Waals surface area contributed by atoms with Crippen LogP contribution < -0.4 is 24.8 Å². The number of likely N-dealkylation sites (N-methyl/N-ethyl adjacent to an activating group) is 1. The Morgan fingerprint density at radius 1 is 1.09 bits per heavy atom. The molecule has 3 atom stereocenters. The van der Waals surface area contributed by atoms with Gasteiger partial charge >= 0.3 is 12.2 Å². The minimum atomic E-state index is -4.46. The molecule has 2 aromatic rings. The van der Waals surface area contributed by atoms with Crippen molar-refractivity contribution >= 4 is 29.2 Å². The molecule has 2 aliphatic heterocycles. The van der Waals surface area contributed by atoms with Gasteiger partial charge in [-0.2, -0.15) is 13.2 Å². The fraction of sp³-hybridized carbons (Fsp3) is 0.483. The van der Waals surface area contributed by atoms with Gasteiger partial charge < -0.3 is 39.8 Å². The van der Waals surface area contributed by atoms with Crippen LogP contribution in [0.15, 0.2) is 36.4 Å². The van der Waals surface area contributed by atoms with Gasteiger partial charge in [0.2, 0.25) is 18.6 Å². The minimum absolute atomic E-state index is 0.103. The Balaban J connectivity index is 1.53. The van der Waals surface area contributed by atoms with Gasteiger partial charge in [0.25, 0.3) is 0 Å². The minimum Gasteiger partial charge on any atom is -0.488 e. The third-order valence-corrected chi connectivity index (χ3v) is 7.26. The molecule has 2 aliphatic rings. The average molecular weight is 609 g/mol. The summed E-state index contributed by atoms with van der Waals surface area (Å²) < 4.78 is 54.7. The largest absolute Gasteiger partial charge is 0.488 e. The van der Waals surface area contributed by atoms with Crippen molar-refractivity contribution in [3.05, 3.63) is 42.0 Å². The van der Waals surface area contributed by atoms with Gasteiger partial charge in [0, 0.05) is 48.9 Å². The maximum atomic E-state index is 13.3. The SMILES string of the molecule is C[C@H](CO)N1C[C@H](C)[C@@H](CN(C)C(=O)Nc2ccc3c(c2)OCO3)Oc2ccc(NC(=O)CCC(F)(F)F)cc2CC1=O. The maximum Gasteiger partial charge on any atom is 0.389 e. The van der Waals surface area contributed by atoms with Crippen LogP contribution in [0.3, 0.4) is 0 Å². The number of aliphatic hydroxyl groups excluding tert-OH is 1. The van der Waals surface area contributed by atoms with Gasteiger partial charge in [0.05, 0.1) is 32.0 Å². The summed E-state index contributed by atoms with van der Waals surface area (Å²) in [7, 11) is 1.60. The first-order valence-corrected chi connectivity index (χ1v) is 13.8. The third kappa shape index (κ3) is 8.43. The van der Waals surface area contributed by atoms with Crippen LogP contribution >= 0.6 is 0 Å². The van der Waals surface area contributed by atoms with E-state index in [0.29, 0.717) is 28.5 Å². The van der Waals surface area contributed by atoms with Crippen molar-refractivity contribution in [3.8, 4) is 17.2 Å². The highest BCUT2D eigenvalue weighted by Crippen LogP contribution is 2.34. The molecule has 0 saturated heterocycles. The van der Waals surface area contributed by atoms with Gasteiger partial charge in [-0.25, -0.2) is 4.79 Å². The Kier molecular flexibility index (Phi) is 9.89. The van der Waals surface area contributed by atoms with Crippen LogP contribution in [0.25, 0.3) is 0 Å². The van der Waals surface area contributed by atoms with Crippen LogP contribution in [0.4, 0.5) is 29.3 Å². The number of carbonyl (C=O) groups is 3. The van der Waals surface area contributed by atoms with E-state index in [1.807, 2.05) is 6.92 Å². The van der Waals surface area contributed by atoms with Gasteiger partial charge in [0.1, 0.15) is 11.9 Å². The standard InChI is InChI=1S/C29H35F3N4O7/c1-17-13-36(18(2)15-37)27(39)11-19-10-20(33-26(38)8-9-29(30,31)32)4-6-22(19)43-25(17)14-35(3)28(40)34-21-5-7-23-24(12-21)42-16-41-23/h4-7,10,12,17-18,25,37H,8-9,11,13-16H2,1-3H3,(H,33,38)(H,34,40)/t17-,18+,25+/m0/s1. The molecule has 0 radical (unpaired) electrons. The molecule has 0 saturated carbocycles. The van der Waals surface area contributed by atoms with E-state index < -0.39 is 43.1 Å². The maximum absolute atomic E-state index is 13.3. The number of urea groups is 1. The molecule has 234 valence electrons. The van der Waals surface area contributed by atoms with Gasteiger partial charge in [-0.05, 0) is 37.3 Å². The number of nitrogens with one attached hydrogen (secondary N) is 2. The number of fused-ring (bicyclic) bond motifs is 2. The molecule has 0 bridgehead atoms. The number of nitrogens with zero attached hydrogens (tertiary/aromatic N) is 2. The third-order valence-electron chi connectivity index (χ3n) is 7.26. The Morgan fingerprint density at radius 3 is 2.47 bits per heavy atom. The van der Waals surface area contributed by atoms with Gasteiger partial charge in [-0.3, -0.25) is 9.59 Å². The molecule has 11 nitrogen and oxygen atoms in total. The molecule has 0 unspecified atom stereocenters. The van der Waals surface area contributed by atoms with Crippen molar-refractivity contribution < 1.29 is 46.9 Å². The van der Waals surface area contributed by atoms with Crippen molar-refractivity contribution in [2.24, 2.45) is 5.92 Å². The van der Waals surface area contributed by atoms with Crippen molar-refractivity contribution in [2.75, 3.05) is 44.2 Å². The van der Waals surface area contributed by atoms with E-state index in [0.717, 1.165) is 0 Å². The van der Waals surface area contributed by atoms with Gasteiger partial charge in [-0.15, -0.1) is 0 Å². The van der Waals surface area contributed by atoms with E-state index in [-0.39, 0.29) is 50.4 Å². The van der Waals surface area contributed by atoms with Crippen molar-refractivity contribution in [1.82, 2.24) is 9.80 Å². The highest BCUT2D eigenvalue weighted by Gasteiger charge is 2.32. The summed E-state index contributed by atoms with van der Waals surface area (Å²) in [5, 5.41) is 15.1. The lowest BCUT2D eigenvalue weighted by Gasteiger charge is -2.34. The molecule has 4 amide bonds. The van der Waals surface area contributed by atoms with Crippen molar-refractivity contribution in [3.63, 3.8) is 0 Å². The number of ether oxygens (including phenoxy) is 3. The number of hydrogen-bond acceptors (Lipinski definition) is 7. The van der Waals surface area contributed by atoms with Crippen molar-refractivity contribution in [2.45, 2.75) is 51.4 Å². The Hall–Kier alpha value is -4.20. The molecule has 0 spiro atoms. The lowest BCUT2D eigenvalue weighted by atomic mass is 10.0. The number of benzene rings is 2. The number of hydrogen-bond donors (Lipinski definition) is 3. The van der Waals surface area contributed by atoms with E-state index in [9.17, 15) is 32.7 Å². The van der Waals surface area contributed by atoms with E-state index in [2.05, 4.69) is 10.6 Å². The summed E-state index contributed by atoms with van der Waals surface area (Å²) in [6.07, 6.45) is -7.19. The first-order chi connectivity index (χ1) is 20.3. The van der Waals surface area contributed by atoms with E-state index in [1.54, 1.807) is 38.2 Å². The van der Waals surface area contributed by atoms with Crippen molar-refractivity contribution in [1.29, 1.82) is 0 Å². The monoisotopic (exact) mass is 608 g/mol. The first-order valence-electron chi connectivity index (χ1n) is 13.8. The smallest absolute Gasteiger partial charge is 0.389 e. The lowest BCUT2D eigenvalue weighted by molar-refractivity contribution is -0.142. The van der Waals surface area contributed by atoms with Crippen LogP contribution in [-0.4, -0.2) is 84.6 Å². The lowest BCUT2D eigenvalue weighted by Crippen LogP contribution is -2.48. The van der Waals surface area contributed by atoms with Crippen LogP contribution in [0.2, 0.25) is 0 Å². The molecule has 2 aromatic carbocycles. The molecule has 0 aliphatic carbocycles. The summed E-state index contributed by atoms with van der Waals surface area (Å²) in [5.74, 6) is 0.0353. The summed E-state index contributed by atoms with van der Waals surface area (Å²) in [4.78, 5) is 41.5. The normalized spacial score (nSPS) is 18.9. The Bertz CT molecular complexity index is 1340. The second-order valence-corrected chi connectivity index (χ2v) is 10.8. The van der Waals surface area contributed by atoms with Gasteiger partial charge in [0.15, 0.2) is 11.5 Å². The van der Waals surface area contributed by atoms with Crippen LogP contribution in [-0.2, 0) is 16.0 Å². The second kappa shape index (κ2) is 13.4. The second-order valence-electron chi connectivity index (χ2n) is 10.8. The average Bonchev–Trinajstić information content (AvgIpc) is 3.43. The van der Waals surface area contributed by atoms with Crippen LogP contribution in [0, 0.1) is 5.92 Å². The summed E-state index contributed by atoms with van der Waals surface area (Å²) >= 11 is 0. The highest BCUT2D eigenvalue weighted by molar-refractivity contribution is 5.91. The molecule has 2 heterocycles. The quantitative estimate of drug-likeness (QED) is 0.413. The number of halogens is 3. The number of aliphatic hydroxyl groups is 1. The zero-order valence-corrected chi connectivity index (χ0v) is 24.1. The molecule has 0 aromatic heterocycles. The topological polar surface area (TPSA) is 130 Å². The Labute approximate surface area is 246 Å². The number of carbonyl (C=O) groups excluding carboxylic acids is 3. The van der Waals surface area contributed by atoms with E-state index in [1.165, 1.54) is 21.9 Å².